The van der Waals surface area contributed by atoms with Gasteiger partial charge in [-0.1, -0.05) is 37.4 Å². The number of nitrogens with zero attached hydrogens (tertiary/aromatic N) is 1. The van der Waals surface area contributed by atoms with Crippen LogP contribution in [0.25, 0.3) is 0 Å². The van der Waals surface area contributed by atoms with Gasteiger partial charge in [-0.3, -0.25) is 9.78 Å². The maximum absolute atomic E-state index is 12.4. The van der Waals surface area contributed by atoms with E-state index in [0.717, 1.165) is 24.2 Å². The first kappa shape index (κ1) is 17.3. The number of hydrogen-bond donors (Lipinski definition) is 2. The van der Waals surface area contributed by atoms with Gasteiger partial charge in [0.05, 0.1) is 0 Å². The number of anilines is 2. The lowest BCUT2D eigenvalue weighted by Crippen LogP contribution is -2.15. The van der Waals surface area contributed by atoms with E-state index in [1.54, 1.807) is 24.4 Å². The zero-order valence-electron chi connectivity index (χ0n) is 13.5. The molecule has 0 saturated carbocycles. The summed E-state index contributed by atoms with van der Waals surface area (Å²) >= 11 is 5.98. The molecular formula is C18H22ClN3O. The molecule has 0 atom stereocenters. The van der Waals surface area contributed by atoms with Crippen molar-refractivity contribution in [2.24, 2.45) is 0 Å². The summed E-state index contributed by atoms with van der Waals surface area (Å²) in [6.45, 7) is 4.99. The monoisotopic (exact) mass is 331 g/mol. The van der Waals surface area contributed by atoms with Crippen molar-refractivity contribution in [1.29, 1.82) is 0 Å². The molecule has 23 heavy (non-hydrogen) atoms. The fraction of sp³-hybridized carbons (Fsp3) is 0.333. The van der Waals surface area contributed by atoms with Gasteiger partial charge in [0.2, 0.25) is 0 Å². The Hall–Kier alpha value is -2.07. The Morgan fingerprint density at radius 3 is 2.83 bits per heavy atom. The molecule has 0 saturated heterocycles. The third kappa shape index (κ3) is 5.25. The summed E-state index contributed by atoms with van der Waals surface area (Å²) in [5.41, 5.74) is 2.94. The highest BCUT2D eigenvalue weighted by Gasteiger charge is 2.10. The molecule has 1 aromatic carbocycles. The van der Waals surface area contributed by atoms with Crippen LogP contribution in [0.15, 0.2) is 36.5 Å². The largest absolute Gasteiger partial charge is 0.385 e. The molecule has 0 aliphatic heterocycles. The average Bonchev–Trinajstić information content (AvgIpc) is 2.55. The molecule has 2 aromatic rings. The Balaban J connectivity index is 2.03. The molecule has 1 amide bonds. The van der Waals surface area contributed by atoms with Crippen LogP contribution in [0, 0.1) is 6.92 Å². The fourth-order valence-electron chi connectivity index (χ4n) is 2.19. The van der Waals surface area contributed by atoms with E-state index in [1.165, 1.54) is 12.8 Å². The van der Waals surface area contributed by atoms with E-state index in [2.05, 4.69) is 22.5 Å². The Kier molecular flexibility index (Phi) is 6.41. The van der Waals surface area contributed by atoms with E-state index in [4.69, 9.17) is 11.6 Å². The molecule has 0 radical (unpaired) electrons. The highest BCUT2D eigenvalue weighted by Crippen LogP contribution is 2.21. The standard InChI is InChI=1S/C18H22ClN3O/c1-3-4-5-9-20-15-8-10-21-17(12-15)18(23)22-16-11-14(19)7-6-13(16)2/h6-8,10-12H,3-5,9H2,1-2H3,(H,20,21)(H,22,23). The first-order valence-electron chi connectivity index (χ1n) is 7.87. The number of carbonyl (C=O) groups excluding carboxylic acids is 1. The first-order chi connectivity index (χ1) is 11.1. The summed E-state index contributed by atoms with van der Waals surface area (Å²) < 4.78 is 0. The van der Waals surface area contributed by atoms with Crippen LogP contribution in [-0.2, 0) is 0 Å². The molecule has 4 nitrogen and oxygen atoms in total. The number of aryl methyl sites for hydroxylation is 1. The van der Waals surface area contributed by atoms with Crippen LogP contribution < -0.4 is 10.6 Å². The topological polar surface area (TPSA) is 54.0 Å². The molecule has 1 heterocycles. The minimum atomic E-state index is -0.243. The Morgan fingerprint density at radius 2 is 2.04 bits per heavy atom. The van der Waals surface area contributed by atoms with Gasteiger partial charge in [0.1, 0.15) is 5.69 Å². The highest BCUT2D eigenvalue weighted by atomic mass is 35.5. The van der Waals surface area contributed by atoms with Gasteiger partial charge in [-0.2, -0.15) is 0 Å². The molecule has 0 spiro atoms. The number of unbranched alkanes of at least 4 members (excludes halogenated alkanes) is 2. The van der Waals surface area contributed by atoms with Crippen LogP contribution in [0.3, 0.4) is 0 Å². The molecule has 0 bridgehead atoms. The zero-order valence-corrected chi connectivity index (χ0v) is 14.3. The van der Waals surface area contributed by atoms with E-state index in [1.807, 2.05) is 19.1 Å². The van der Waals surface area contributed by atoms with Crippen molar-refractivity contribution in [3.63, 3.8) is 0 Å². The number of aromatic nitrogens is 1. The van der Waals surface area contributed by atoms with Crippen molar-refractivity contribution >= 4 is 28.9 Å². The van der Waals surface area contributed by atoms with Crippen LogP contribution in [-0.4, -0.2) is 17.4 Å². The van der Waals surface area contributed by atoms with Crippen LogP contribution in [0.5, 0.6) is 0 Å². The number of halogens is 1. The van der Waals surface area contributed by atoms with Gasteiger partial charge in [-0.25, -0.2) is 0 Å². The predicted molar refractivity (Wildman–Crippen MR) is 96.4 cm³/mol. The van der Waals surface area contributed by atoms with Crippen molar-refractivity contribution < 1.29 is 4.79 Å². The summed E-state index contributed by atoms with van der Waals surface area (Å²) in [5, 5.41) is 6.76. The molecule has 0 unspecified atom stereocenters. The Labute approximate surface area is 142 Å². The van der Waals surface area contributed by atoms with Crippen molar-refractivity contribution in [1.82, 2.24) is 4.98 Å². The summed E-state index contributed by atoms with van der Waals surface area (Å²) in [4.78, 5) is 16.5. The molecular weight excluding hydrogens is 310 g/mol. The maximum Gasteiger partial charge on any atom is 0.274 e. The van der Waals surface area contributed by atoms with Crippen LogP contribution >= 0.6 is 11.6 Å². The molecule has 0 aliphatic rings. The second-order valence-corrected chi connectivity index (χ2v) is 5.91. The average molecular weight is 332 g/mol. The lowest BCUT2D eigenvalue weighted by atomic mass is 10.2. The Bertz CT molecular complexity index is 673. The molecule has 0 aliphatic carbocycles. The van der Waals surface area contributed by atoms with Crippen LogP contribution in [0.2, 0.25) is 5.02 Å². The van der Waals surface area contributed by atoms with Gasteiger partial charge in [-0.15, -0.1) is 0 Å². The molecule has 0 fully saturated rings. The van der Waals surface area contributed by atoms with Crippen LogP contribution in [0.1, 0.15) is 42.2 Å². The van der Waals surface area contributed by atoms with Gasteiger partial charge in [0.25, 0.3) is 5.91 Å². The maximum atomic E-state index is 12.4. The number of rotatable bonds is 7. The second-order valence-electron chi connectivity index (χ2n) is 5.48. The van der Waals surface area contributed by atoms with E-state index < -0.39 is 0 Å². The number of carbonyl (C=O) groups is 1. The van der Waals surface area contributed by atoms with Crippen molar-refractivity contribution in [2.45, 2.75) is 33.1 Å². The minimum absolute atomic E-state index is 0.243. The fourth-order valence-corrected chi connectivity index (χ4v) is 2.36. The second kappa shape index (κ2) is 8.53. The van der Waals surface area contributed by atoms with Gasteiger partial charge in [-0.05, 0) is 43.2 Å². The summed E-state index contributed by atoms with van der Waals surface area (Å²) in [5.74, 6) is -0.243. The van der Waals surface area contributed by atoms with Crippen molar-refractivity contribution in [3.8, 4) is 0 Å². The quantitative estimate of drug-likeness (QED) is 0.710. The first-order valence-corrected chi connectivity index (χ1v) is 8.25. The highest BCUT2D eigenvalue weighted by molar-refractivity contribution is 6.31. The number of hydrogen-bond acceptors (Lipinski definition) is 3. The van der Waals surface area contributed by atoms with E-state index in [-0.39, 0.29) is 5.91 Å². The van der Waals surface area contributed by atoms with Crippen LogP contribution in [0.4, 0.5) is 11.4 Å². The van der Waals surface area contributed by atoms with E-state index >= 15 is 0 Å². The van der Waals surface area contributed by atoms with Crippen molar-refractivity contribution in [2.75, 3.05) is 17.2 Å². The van der Waals surface area contributed by atoms with E-state index in [0.29, 0.717) is 16.4 Å². The summed E-state index contributed by atoms with van der Waals surface area (Å²) in [6.07, 6.45) is 5.13. The lowest BCUT2D eigenvalue weighted by molar-refractivity contribution is 0.102. The summed E-state index contributed by atoms with van der Waals surface area (Å²) in [7, 11) is 0. The smallest absolute Gasteiger partial charge is 0.274 e. The summed E-state index contributed by atoms with van der Waals surface area (Å²) in [6, 6.07) is 9.04. The minimum Gasteiger partial charge on any atom is -0.385 e. The Morgan fingerprint density at radius 1 is 1.22 bits per heavy atom. The third-order valence-corrected chi connectivity index (χ3v) is 3.78. The third-order valence-electron chi connectivity index (χ3n) is 3.55. The van der Waals surface area contributed by atoms with Crippen molar-refractivity contribution in [3.05, 3.63) is 52.8 Å². The normalized spacial score (nSPS) is 10.4. The molecule has 1 aromatic heterocycles. The molecule has 5 heteroatoms. The van der Waals surface area contributed by atoms with E-state index in [9.17, 15) is 4.79 Å². The molecule has 2 rings (SSSR count). The zero-order chi connectivity index (χ0) is 16.7. The molecule has 2 N–H and O–H groups in total. The number of nitrogens with one attached hydrogen (secondary N) is 2. The van der Waals surface area contributed by atoms with Gasteiger partial charge < -0.3 is 10.6 Å². The number of amides is 1. The number of benzene rings is 1. The molecule has 122 valence electrons. The number of pyridine rings is 1. The predicted octanol–water partition coefficient (Wildman–Crippen LogP) is 4.90. The lowest BCUT2D eigenvalue weighted by Gasteiger charge is -2.10. The van der Waals surface area contributed by atoms with Gasteiger partial charge in [0.15, 0.2) is 0 Å². The van der Waals surface area contributed by atoms with Gasteiger partial charge >= 0.3 is 0 Å². The SMILES string of the molecule is CCCCCNc1ccnc(C(=O)Nc2cc(Cl)ccc2C)c1. The van der Waals surface area contributed by atoms with Gasteiger partial charge in [0, 0.05) is 29.1 Å².